The van der Waals surface area contributed by atoms with Crippen LogP contribution in [0.3, 0.4) is 0 Å². The first-order valence-electron chi connectivity index (χ1n) is 10.5. The van der Waals surface area contributed by atoms with Gasteiger partial charge in [0.25, 0.3) is 0 Å². The van der Waals surface area contributed by atoms with E-state index in [-0.39, 0.29) is 11.3 Å². The zero-order valence-electron chi connectivity index (χ0n) is 16.9. The Morgan fingerprint density at radius 2 is 1.71 bits per heavy atom. The number of hydrogen-bond donors (Lipinski definition) is 2. The summed E-state index contributed by atoms with van der Waals surface area (Å²) in [6.45, 7) is 2.95. The maximum absolute atomic E-state index is 12.7. The SMILES string of the molecule is CCCN(C)C1(CS(=O)(=O)NC(=O)Nc2c3c(cc4c2CCC4)CCC3)CC1. The van der Waals surface area contributed by atoms with E-state index in [1.165, 1.54) is 22.3 Å². The molecule has 1 aromatic carbocycles. The van der Waals surface area contributed by atoms with Crippen LogP contribution in [0.1, 0.15) is 61.3 Å². The molecule has 1 fully saturated rings. The molecule has 3 aliphatic rings. The molecule has 2 N–H and O–H groups in total. The summed E-state index contributed by atoms with van der Waals surface area (Å²) in [7, 11) is -1.72. The van der Waals surface area contributed by atoms with Gasteiger partial charge in [0.1, 0.15) is 0 Å². The summed E-state index contributed by atoms with van der Waals surface area (Å²) in [5, 5.41) is 2.92. The molecule has 3 aliphatic carbocycles. The van der Waals surface area contributed by atoms with Crippen LogP contribution in [0.2, 0.25) is 0 Å². The highest BCUT2D eigenvalue weighted by Crippen LogP contribution is 2.42. The molecule has 2 amide bonds. The van der Waals surface area contributed by atoms with E-state index >= 15 is 0 Å². The predicted molar refractivity (Wildman–Crippen MR) is 111 cm³/mol. The molecule has 154 valence electrons. The molecule has 0 unspecified atom stereocenters. The summed E-state index contributed by atoms with van der Waals surface area (Å²) < 4.78 is 27.6. The van der Waals surface area contributed by atoms with Crippen molar-refractivity contribution in [1.29, 1.82) is 0 Å². The van der Waals surface area contributed by atoms with Crippen LogP contribution in [-0.4, -0.2) is 44.2 Å². The van der Waals surface area contributed by atoms with Gasteiger partial charge in [-0.3, -0.25) is 4.90 Å². The number of sulfonamides is 1. The van der Waals surface area contributed by atoms with Gasteiger partial charge in [0.2, 0.25) is 10.0 Å². The fraction of sp³-hybridized carbons (Fsp3) is 0.667. The number of carbonyl (C=O) groups excluding carboxylic acids is 1. The van der Waals surface area contributed by atoms with Gasteiger partial charge in [0.15, 0.2) is 0 Å². The Balaban J connectivity index is 1.47. The first-order valence-corrected chi connectivity index (χ1v) is 12.2. The van der Waals surface area contributed by atoms with Gasteiger partial charge in [-0.1, -0.05) is 13.0 Å². The normalized spacial score (nSPS) is 19.4. The van der Waals surface area contributed by atoms with Crippen molar-refractivity contribution in [2.24, 2.45) is 0 Å². The summed E-state index contributed by atoms with van der Waals surface area (Å²) in [5.41, 5.74) is 5.61. The number of rotatable bonds is 7. The number of urea groups is 1. The Labute approximate surface area is 168 Å². The van der Waals surface area contributed by atoms with Gasteiger partial charge in [-0.15, -0.1) is 0 Å². The van der Waals surface area contributed by atoms with Crippen LogP contribution < -0.4 is 10.0 Å². The lowest BCUT2D eigenvalue weighted by Crippen LogP contribution is -2.45. The predicted octanol–water partition coefficient (Wildman–Crippen LogP) is 2.99. The number of hydrogen-bond acceptors (Lipinski definition) is 4. The van der Waals surface area contributed by atoms with Crippen molar-refractivity contribution in [2.75, 3.05) is 24.7 Å². The van der Waals surface area contributed by atoms with E-state index in [1.54, 1.807) is 0 Å². The van der Waals surface area contributed by atoms with Gasteiger partial charge in [0.05, 0.1) is 5.75 Å². The lowest BCUT2D eigenvalue weighted by molar-refractivity contribution is 0.240. The van der Waals surface area contributed by atoms with Gasteiger partial charge in [-0.25, -0.2) is 17.9 Å². The minimum atomic E-state index is -3.69. The van der Waals surface area contributed by atoms with E-state index in [1.807, 2.05) is 7.05 Å². The van der Waals surface area contributed by atoms with Crippen molar-refractivity contribution in [3.63, 3.8) is 0 Å². The number of benzene rings is 1. The smallest absolute Gasteiger partial charge is 0.307 e. The standard InChI is InChI=1S/C21H31N3O3S/c1-3-12-24(2)21(10-11-21)14-28(26,27)23-20(25)22-19-17-8-4-6-15(17)13-16-7-5-9-18(16)19/h13H,3-12,14H2,1-2H3,(H2,22,23,25). The van der Waals surface area contributed by atoms with Crippen molar-refractivity contribution >= 4 is 21.7 Å². The van der Waals surface area contributed by atoms with Gasteiger partial charge in [-0.2, -0.15) is 0 Å². The van der Waals surface area contributed by atoms with E-state index in [9.17, 15) is 13.2 Å². The molecule has 4 rings (SSSR count). The lowest BCUT2D eigenvalue weighted by Gasteiger charge is -2.27. The third-order valence-electron chi connectivity index (χ3n) is 6.61. The molecule has 0 radical (unpaired) electrons. The van der Waals surface area contributed by atoms with Crippen LogP contribution in [0.5, 0.6) is 0 Å². The monoisotopic (exact) mass is 405 g/mol. The van der Waals surface area contributed by atoms with E-state index in [0.717, 1.165) is 70.0 Å². The molecule has 28 heavy (non-hydrogen) atoms. The maximum Gasteiger partial charge on any atom is 0.332 e. The molecule has 0 spiro atoms. The number of nitrogens with one attached hydrogen (secondary N) is 2. The third kappa shape index (κ3) is 3.79. The highest BCUT2D eigenvalue weighted by atomic mass is 32.2. The lowest BCUT2D eigenvalue weighted by atomic mass is 9.99. The van der Waals surface area contributed by atoms with Crippen LogP contribution in [0, 0.1) is 0 Å². The van der Waals surface area contributed by atoms with Crippen molar-refractivity contribution in [3.8, 4) is 0 Å². The number of amides is 2. The Morgan fingerprint density at radius 3 is 2.25 bits per heavy atom. The fourth-order valence-corrected chi connectivity index (χ4v) is 6.61. The van der Waals surface area contributed by atoms with E-state index in [4.69, 9.17) is 0 Å². The number of carbonyl (C=O) groups is 1. The zero-order valence-corrected chi connectivity index (χ0v) is 17.8. The fourth-order valence-electron chi connectivity index (χ4n) is 4.99. The quantitative estimate of drug-likeness (QED) is 0.731. The average Bonchev–Trinajstić information content (AvgIpc) is 3.04. The maximum atomic E-state index is 12.7. The third-order valence-corrected chi connectivity index (χ3v) is 8.03. The highest BCUT2D eigenvalue weighted by Gasteiger charge is 2.49. The Hall–Kier alpha value is -1.60. The number of anilines is 1. The minimum absolute atomic E-state index is 0.0189. The van der Waals surface area contributed by atoms with E-state index < -0.39 is 16.1 Å². The second-order valence-electron chi connectivity index (χ2n) is 8.70. The molecule has 1 saturated carbocycles. The van der Waals surface area contributed by atoms with Crippen molar-refractivity contribution in [1.82, 2.24) is 9.62 Å². The highest BCUT2D eigenvalue weighted by molar-refractivity contribution is 7.90. The summed E-state index contributed by atoms with van der Waals surface area (Å²) in [6, 6.07) is 1.67. The molecule has 0 aromatic heterocycles. The number of fused-ring (bicyclic) bond motifs is 2. The molecule has 0 aliphatic heterocycles. The summed E-state index contributed by atoms with van der Waals surface area (Å²) >= 11 is 0. The van der Waals surface area contributed by atoms with E-state index in [2.05, 4.69) is 27.9 Å². The molecular weight excluding hydrogens is 374 g/mol. The molecule has 0 bridgehead atoms. The zero-order chi connectivity index (χ0) is 19.9. The second kappa shape index (κ2) is 7.34. The van der Waals surface area contributed by atoms with Gasteiger partial charge < -0.3 is 5.32 Å². The first kappa shape index (κ1) is 19.7. The summed E-state index contributed by atoms with van der Waals surface area (Å²) in [4.78, 5) is 14.7. The molecule has 0 saturated heterocycles. The topological polar surface area (TPSA) is 78.5 Å². The van der Waals surface area contributed by atoms with Crippen LogP contribution in [0.4, 0.5) is 10.5 Å². The summed E-state index contributed by atoms with van der Waals surface area (Å²) in [6.07, 6.45) is 8.91. The first-order chi connectivity index (χ1) is 13.3. The van der Waals surface area contributed by atoms with Crippen LogP contribution in [0.15, 0.2) is 6.07 Å². The largest absolute Gasteiger partial charge is 0.332 e. The van der Waals surface area contributed by atoms with Crippen LogP contribution in [-0.2, 0) is 35.7 Å². The molecular formula is C21H31N3O3S. The van der Waals surface area contributed by atoms with Gasteiger partial charge >= 0.3 is 6.03 Å². The van der Waals surface area contributed by atoms with Crippen molar-refractivity contribution in [2.45, 2.75) is 70.3 Å². The molecule has 0 atom stereocenters. The van der Waals surface area contributed by atoms with Gasteiger partial charge in [0, 0.05) is 11.2 Å². The number of nitrogens with zero attached hydrogens (tertiary/aromatic N) is 1. The van der Waals surface area contributed by atoms with Crippen LogP contribution >= 0.6 is 0 Å². The molecule has 0 heterocycles. The Kier molecular flexibility index (Phi) is 5.16. The molecule has 7 heteroatoms. The average molecular weight is 406 g/mol. The Bertz CT molecular complexity index is 858. The Morgan fingerprint density at radius 1 is 1.11 bits per heavy atom. The van der Waals surface area contributed by atoms with Gasteiger partial charge in [-0.05, 0) is 93.6 Å². The molecule has 6 nitrogen and oxygen atoms in total. The minimum Gasteiger partial charge on any atom is -0.307 e. The number of aryl methyl sites for hydroxylation is 2. The van der Waals surface area contributed by atoms with Crippen molar-refractivity contribution in [3.05, 3.63) is 28.3 Å². The molecule has 1 aromatic rings. The van der Waals surface area contributed by atoms with E-state index in [0.29, 0.717) is 0 Å². The second-order valence-corrected chi connectivity index (χ2v) is 10.4. The van der Waals surface area contributed by atoms with Crippen LogP contribution in [0.25, 0.3) is 0 Å². The van der Waals surface area contributed by atoms with Crippen molar-refractivity contribution < 1.29 is 13.2 Å². The summed E-state index contributed by atoms with van der Waals surface area (Å²) in [5.74, 6) is -0.0189.